The van der Waals surface area contributed by atoms with Crippen molar-refractivity contribution in [1.82, 2.24) is 4.90 Å². The molecule has 1 saturated heterocycles. The summed E-state index contributed by atoms with van der Waals surface area (Å²) < 4.78 is 5.28. The van der Waals surface area contributed by atoms with Crippen molar-refractivity contribution in [2.24, 2.45) is 5.73 Å². The molecule has 1 aliphatic rings. The van der Waals surface area contributed by atoms with Crippen LogP contribution in [0.4, 0.5) is 0 Å². The lowest BCUT2D eigenvalue weighted by Gasteiger charge is -2.35. The van der Waals surface area contributed by atoms with Gasteiger partial charge in [0.2, 0.25) is 5.91 Å². The van der Waals surface area contributed by atoms with E-state index in [2.05, 4.69) is 0 Å². The summed E-state index contributed by atoms with van der Waals surface area (Å²) in [7, 11) is 1.94. The molecule has 0 saturated carbocycles. The number of aliphatic hydroxyl groups is 1. The van der Waals surface area contributed by atoms with E-state index < -0.39 is 11.5 Å². The van der Waals surface area contributed by atoms with E-state index >= 15 is 0 Å². The normalized spacial score (nSPS) is 18.1. The smallest absolute Gasteiger partial charge is 0.249 e. The lowest BCUT2D eigenvalue weighted by atomic mass is 9.93. The monoisotopic (exact) mass is 278 g/mol. The number of hydrogen-bond donors (Lipinski definition) is 2. The number of likely N-dealkylation sites (N-methyl/N-ethyl adjacent to an activating group) is 1. The molecular formula is C15H22N2O3. The van der Waals surface area contributed by atoms with Crippen molar-refractivity contribution in [3.63, 3.8) is 0 Å². The minimum atomic E-state index is -0.700. The third-order valence-corrected chi connectivity index (χ3v) is 3.71. The first-order valence-corrected chi connectivity index (χ1v) is 6.86. The number of primary amides is 1. The fourth-order valence-electron chi connectivity index (χ4n) is 2.66. The summed E-state index contributed by atoms with van der Waals surface area (Å²) >= 11 is 0. The highest BCUT2D eigenvalue weighted by atomic mass is 16.5. The number of carbonyl (C=O) groups excluding carboxylic acids is 1. The van der Waals surface area contributed by atoms with E-state index in [1.165, 1.54) is 0 Å². The zero-order valence-corrected chi connectivity index (χ0v) is 11.8. The van der Waals surface area contributed by atoms with Crippen molar-refractivity contribution in [1.29, 1.82) is 0 Å². The average molecular weight is 278 g/mol. The van der Waals surface area contributed by atoms with Crippen LogP contribution in [0.5, 0.6) is 0 Å². The van der Waals surface area contributed by atoms with Gasteiger partial charge in [0.15, 0.2) is 0 Å². The van der Waals surface area contributed by atoms with Crippen molar-refractivity contribution >= 4 is 5.91 Å². The van der Waals surface area contributed by atoms with Gasteiger partial charge >= 0.3 is 0 Å². The van der Waals surface area contributed by atoms with Crippen LogP contribution >= 0.6 is 0 Å². The Hall–Kier alpha value is -1.43. The standard InChI is InChI=1S/C15H22N2O3/c1-17(11-15(19)6-8-20-9-7-15)10-12-4-2-3-5-13(12)14(16)18/h2-5,19H,6-11H2,1H3,(H2,16,18). The minimum Gasteiger partial charge on any atom is -0.388 e. The summed E-state index contributed by atoms with van der Waals surface area (Å²) in [5.74, 6) is -0.418. The molecule has 0 aromatic heterocycles. The second kappa shape index (κ2) is 6.35. The lowest BCUT2D eigenvalue weighted by molar-refractivity contribution is -0.0777. The molecule has 0 spiro atoms. The van der Waals surface area contributed by atoms with Crippen molar-refractivity contribution in [2.75, 3.05) is 26.8 Å². The summed E-state index contributed by atoms with van der Waals surface area (Å²) in [6.07, 6.45) is 1.30. The molecule has 0 unspecified atom stereocenters. The van der Waals surface area contributed by atoms with Crippen molar-refractivity contribution in [3.8, 4) is 0 Å². The van der Waals surface area contributed by atoms with Crippen LogP contribution in [0.1, 0.15) is 28.8 Å². The first-order valence-electron chi connectivity index (χ1n) is 6.86. The van der Waals surface area contributed by atoms with Crippen LogP contribution < -0.4 is 5.73 Å². The SMILES string of the molecule is CN(Cc1ccccc1C(N)=O)CC1(O)CCOCC1. The molecule has 20 heavy (non-hydrogen) atoms. The van der Waals surface area contributed by atoms with E-state index in [4.69, 9.17) is 10.5 Å². The van der Waals surface area contributed by atoms with Gasteiger partial charge in [-0.05, 0) is 18.7 Å². The van der Waals surface area contributed by atoms with E-state index in [1.807, 2.05) is 24.1 Å². The summed E-state index contributed by atoms with van der Waals surface area (Å²) in [5.41, 5.74) is 6.10. The summed E-state index contributed by atoms with van der Waals surface area (Å²) in [6, 6.07) is 7.31. The van der Waals surface area contributed by atoms with Gasteiger partial charge in [0, 0.05) is 44.7 Å². The third kappa shape index (κ3) is 3.79. The Kier molecular flexibility index (Phi) is 4.75. The molecule has 0 bridgehead atoms. The number of nitrogens with two attached hydrogens (primary N) is 1. The maximum Gasteiger partial charge on any atom is 0.249 e. The van der Waals surface area contributed by atoms with Gasteiger partial charge in [-0.3, -0.25) is 9.69 Å². The molecule has 1 aromatic rings. The first kappa shape index (κ1) is 15.0. The van der Waals surface area contributed by atoms with Gasteiger partial charge < -0.3 is 15.6 Å². The highest BCUT2D eigenvalue weighted by Gasteiger charge is 2.31. The second-order valence-corrected chi connectivity index (χ2v) is 5.53. The van der Waals surface area contributed by atoms with Crippen LogP contribution in [0.2, 0.25) is 0 Å². The van der Waals surface area contributed by atoms with Gasteiger partial charge in [-0.15, -0.1) is 0 Å². The zero-order chi connectivity index (χ0) is 14.6. The Morgan fingerprint density at radius 3 is 2.70 bits per heavy atom. The molecule has 1 heterocycles. The summed E-state index contributed by atoms with van der Waals surface area (Å²) in [4.78, 5) is 13.4. The van der Waals surface area contributed by atoms with Crippen LogP contribution in [0, 0.1) is 0 Å². The molecule has 1 aliphatic heterocycles. The van der Waals surface area contributed by atoms with Crippen molar-refractivity contribution < 1.29 is 14.6 Å². The summed E-state index contributed by atoms with van der Waals surface area (Å²) in [5, 5.41) is 10.5. The fraction of sp³-hybridized carbons (Fsp3) is 0.533. The molecule has 1 amide bonds. The number of hydrogen-bond acceptors (Lipinski definition) is 4. The molecule has 1 fully saturated rings. The number of nitrogens with zero attached hydrogens (tertiary/aromatic N) is 1. The van der Waals surface area contributed by atoms with Crippen molar-refractivity contribution in [2.45, 2.75) is 25.0 Å². The van der Waals surface area contributed by atoms with Crippen LogP contribution in [0.3, 0.4) is 0 Å². The van der Waals surface area contributed by atoms with Gasteiger partial charge in [0.05, 0.1) is 5.60 Å². The largest absolute Gasteiger partial charge is 0.388 e. The highest BCUT2D eigenvalue weighted by Crippen LogP contribution is 2.22. The number of ether oxygens (including phenoxy) is 1. The Bertz CT molecular complexity index is 470. The minimum absolute atomic E-state index is 0.418. The van der Waals surface area contributed by atoms with Crippen LogP contribution in [0.25, 0.3) is 0 Å². The Labute approximate surface area is 119 Å². The molecule has 110 valence electrons. The molecule has 0 aliphatic carbocycles. The Balaban J connectivity index is 2.01. The Morgan fingerprint density at radius 2 is 2.05 bits per heavy atom. The lowest BCUT2D eigenvalue weighted by Crippen LogP contribution is -2.45. The van der Waals surface area contributed by atoms with Crippen molar-refractivity contribution in [3.05, 3.63) is 35.4 Å². The second-order valence-electron chi connectivity index (χ2n) is 5.53. The van der Waals surface area contributed by atoms with E-state index in [0.29, 0.717) is 44.7 Å². The first-order chi connectivity index (χ1) is 9.50. The maximum absolute atomic E-state index is 11.4. The molecule has 0 radical (unpaired) electrons. The molecular weight excluding hydrogens is 256 g/mol. The summed E-state index contributed by atoms with van der Waals surface area (Å²) in [6.45, 7) is 2.34. The zero-order valence-electron chi connectivity index (χ0n) is 11.8. The highest BCUT2D eigenvalue weighted by molar-refractivity contribution is 5.94. The van der Waals surface area contributed by atoms with Crippen LogP contribution in [-0.4, -0.2) is 48.3 Å². The molecule has 1 aromatic carbocycles. The van der Waals surface area contributed by atoms with Crippen LogP contribution in [0.15, 0.2) is 24.3 Å². The Morgan fingerprint density at radius 1 is 1.40 bits per heavy atom. The van der Waals surface area contributed by atoms with Gasteiger partial charge in [-0.1, -0.05) is 18.2 Å². The maximum atomic E-state index is 11.4. The average Bonchev–Trinajstić information content (AvgIpc) is 2.39. The predicted molar refractivity (Wildman–Crippen MR) is 76.3 cm³/mol. The van der Waals surface area contributed by atoms with Gasteiger partial charge in [0.25, 0.3) is 0 Å². The number of carbonyl (C=O) groups is 1. The van der Waals surface area contributed by atoms with Gasteiger partial charge in [-0.25, -0.2) is 0 Å². The topological polar surface area (TPSA) is 75.8 Å². The quantitative estimate of drug-likeness (QED) is 0.833. The predicted octanol–water partition coefficient (Wildman–Crippen LogP) is 0.759. The fourth-order valence-corrected chi connectivity index (χ4v) is 2.66. The third-order valence-electron chi connectivity index (χ3n) is 3.71. The molecule has 0 atom stereocenters. The van der Waals surface area contributed by atoms with E-state index in [-0.39, 0.29) is 0 Å². The molecule has 2 rings (SSSR count). The molecule has 5 heteroatoms. The number of rotatable bonds is 5. The van der Waals surface area contributed by atoms with E-state index in [0.717, 1.165) is 5.56 Å². The number of amides is 1. The number of benzene rings is 1. The van der Waals surface area contributed by atoms with E-state index in [1.54, 1.807) is 12.1 Å². The molecule has 3 N–H and O–H groups in total. The van der Waals surface area contributed by atoms with E-state index in [9.17, 15) is 9.90 Å². The van der Waals surface area contributed by atoms with Gasteiger partial charge in [-0.2, -0.15) is 0 Å². The van der Waals surface area contributed by atoms with Gasteiger partial charge in [0.1, 0.15) is 0 Å². The van der Waals surface area contributed by atoms with Crippen LogP contribution in [-0.2, 0) is 11.3 Å². The molecule has 5 nitrogen and oxygen atoms in total.